The van der Waals surface area contributed by atoms with Crippen LogP contribution in [0.4, 0.5) is 0 Å². The van der Waals surface area contributed by atoms with Crippen LogP contribution in [0.5, 0.6) is 0 Å². The Morgan fingerprint density at radius 1 is 1.23 bits per heavy atom. The van der Waals surface area contributed by atoms with E-state index < -0.39 is 0 Å². The summed E-state index contributed by atoms with van der Waals surface area (Å²) in [6, 6.07) is 8.62. The molecular weight excluding hydrogens is 316 g/mol. The largest absolute Gasteiger partial charge is 0.330 e. The van der Waals surface area contributed by atoms with E-state index in [9.17, 15) is 0 Å². The lowest BCUT2D eigenvalue weighted by molar-refractivity contribution is 0.799. The molecule has 4 nitrogen and oxygen atoms in total. The molecule has 0 saturated carbocycles. The van der Waals surface area contributed by atoms with Gasteiger partial charge in [0.05, 0.1) is 11.9 Å². The third kappa shape index (κ3) is 3.48. The second-order valence-corrected chi connectivity index (χ2v) is 6.56. The molecule has 0 unspecified atom stereocenters. The first-order valence-electron chi connectivity index (χ1n) is 7.33. The molecule has 0 spiro atoms. The summed E-state index contributed by atoms with van der Waals surface area (Å²) in [6.45, 7) is 5.11. The van der Waals surface area contributed by atoms with Crippen LogP contribution < -0.4 is 5.73 Å². The molecule has 6 heteroatoms. The molecule has 0 fully saturated rings. The first-order chi connectivity index (χ1) is 10.2. The zero-order valence-corrected chi connectivity index (χ0v) is 14.5. The number of aromatic nitrogens is 3. The summed E-state index contributed by atoms with van der Waals surface area (Å²) >= 11 is 1.65. The van der Waals surface area contributed by atoms with Crippen molar-refractivity contribution in [3.8, 4) is 11.3 Å². The van der Waals surface area contributed by atoms with Crippen LogP contribution in [0.2, 0.25) is 0 Å². The highest BCUT2D eigenvalue weighted by atomic mass is 35.5. The molecule has 0 saturated heterocycles. The fourth-order valence-electron chi connectivity index (χ4n) is 2.27. The van der Waals surface area contributed by atoms with Crippen LogP contribution in [0, 0.1) is 0 Å². The molecule has 0 aliphatic heterocycles. The van der Waals surface area contributed by atoms with Crippen LogP contribution in [-0.2, 0) is 6.42 Å². The first kappa shape index (κ1) is 16.9. The summed E-state index contributed by atoms with van der Waals surface area (Å²) in [5.74, 6) is 0.552. The second kappa shape index (κ2) is 7.22. The molecule has 0 aliphatic carbocycles. The van der Waals surface area contributed by atoms with Crippen molar-refractivity contribution in [2.75, 3.05) is 6.54 Å². The fourth-order valence-corrected chi connectivity index (χ4v) is 3.19. The standard InChI is InChI=1S/C16H20N4S.ClH/c1-11(2)12-5-7-13(8-6-12)14-10-20-16(18-14)21-15(19-20)4-3-9-17;/h5-8,10-11H,3-4,9,17H2,1-2H3;1H. The number of hydrogen-bond donors (Lipinski definition) is 1. The van der Waals surface area contributed by atoms with Crippen molar-refractivity contribution in [3.63, 3.8) is 0 Å². The van der Waals surface area contributed by atoms with E-state index in [0.29, 0.717) is 12.5 Å². The number of halogens is 1. The summed E-state index contributed by atoms with van der Waals surface area (Å²) in [7, 11) is 0. The normalized spacial score (nSPS) is 11.1. The van der Waals surface area contributed by atoms with Gasteiger partial charge in [-0.15, -0.1) is 12.4 Å². The number of imidazole rings is 1. The van der Waals surface area contributed by atoms with Crippen molar-refractivity contribution < 1.29 is 0 Å². The topological polar surface area (TPSA) is 56.2 Å². The molecule has 0 bridgehead atoms. The molecule has 2 heterocycles. The number of nitrogens with two attached hydrogens (primary N) is 1. The van der Waals surface area contributed by atoms with Crippen molar-refractivity contribution in [1.29, 1.82) is 0 Å². The lowest BCUT2D eigenvalue weighted by Gasteiger charge is -2.05. The lowest BCUT2D eigenvalue weighted by Crippen LogP contribution is -2.00. The molecule has 0 radical (unpaired) electrons. The van der Waals surface area contributed by atoms with E-state index in [0.717, 1.165) is 34.1 Å². The maximum Gasteiger partial charge on any atom is 0.212 e. The summed E-state index contributed by atoms with van der Waals surface area (Å²) in [4.78, 5) is 5.62. The monoisotopic (exact) mass is 336 g/mol. The third-order valence-electron chi connectivity index (χ3n) is 3.55. The average Bonchev–Trinajstić information content (AvgIpc) is 3.03. The minimum absolute atomic E-state index is 0. The molecule has 2 aromatic heterocycles. The smallest absolute Gasteiger partial charge is 0.212 e. The van der Waals surface area contributed by atoms with Gasteiger partial charge in [-0.3, -0.25) is 0 Å². The Bertz CT molecular complexity index is 699. The van der Waals surface area contributed by atoms with Crippen molar-refractivity contribution >= 4 is 28.7 Å². The van der Waals surface area contributed by atoms with E-state index in [2.05, 4.69) is 48.2 Å². The summed E-state index contributed by atoms with van der Waals surface area (Å²) in [5, 5.41) is 5.66. The maximum atomic E-state index is 5.53. The Hall–Kier alpha value is -1.43. The van der Waals surface area contributed by atoms with E-state index in [1.165, 1.54) is 5.56 Å². The average molecular weight is 337 g/mol. The Kier molecular flexibility index (Phi) is 5.56. The Labute approximate surface area is 140 Å². The van der Waals surface area contributed by atoms with Gasteiger partial charge in [-0.1, -0.05) is 49.4 Å². The number of fused-ring (bicyclic) bond motifs is 1. The van der Waals surface area contributed by atoms with E-state index in [1.54, 1.807) is 11.3 Å². The minimum Gasteiger partial charge on any atom is -0.330 e. The highest BCUT2D eigenvalue weighted by Crippen LogP contribution is 2.24. The van der Waals surface area contributed by atoms with E-state index in [4.69, 9.17) is 5.73 Å². The number of nitrogens with zero attached hydrogens (tertiary/aromatic N) is 3. The molecule has 22 heavy (non-hydrogen) atoms. The number of rotatable bonds is 5. The van der Waals surface area contributed by atoms with Crippen molar-refractivity contribution in [2.45, 2.75) is 32.6 Å². The molecular formula is C16H21ClN4S. The molecule has 1 aromatic carbocycles. The molecule has 0 atom stereocenters. The van der Waals surface area contributed by atoms with Gasteiger partial charge in [-0.05, 0) is 24.4 Å². The highest BCUT2D eigenvalue weighted by molar-refractivity contribution is 7.16. The van der Waals surface area contributed by atoms with Gasteiger partial charge in [0.1, 0.15) is 5.01 Å². The number of hydrogen-bond acceptors (Lipinski definition) is 4. The van der Waals surface area contributed by atoms with Gasteiger partial charge in [0.2, 0.25) is 4.96 Å². The lowest BCUT2D eigenvalue weighted by atomic mass is 10.0. The Balaban J connectivity index is 0.00000176. The number of aryl methyl sites for hydroxylation is 1. The highest BCUT2D eigenvalue weighted by Gasteiger charge is 2.09. The molecule has 3 aromatic rings. The third-order valence-corrected chi connectivity index (χ3v) is 4.54. The minimum atomic E-state index is 0. The Morgan fingerprint density at radius 3 is 2.55 bits per heavy atom. The van der Waals surface area contributed by atoms with Gasteiger partial charge in [0, 0.05) is 12.0 Å². The predicted molar refractivity (Wildman–Crippen MR) is 95.0 cm³/mol. The van der Waals surface area contributed by atoms with Gasteiger partial charge in [-0.25, -0.2) is 9.50 Å². The van der Waals surface area contributed by atoms with Crippen molar-refractivity contribution in [3.05, 3.63) is 41.0 Å². The van der Waals surface area contributed by atoms with Gasteiger partial charge in [0.25, 0.3) is 0 Å². The second-order valence-electron chi connectivity index (χ2n) is 5.52. The van der Waals surface area contributed by atoms with Crippen LogP contribution in [0.1, 0.15) is 36.8 Å². The zero-order chi connectivity index (χ0) is 14.8. The summed E-state index contributed by atoms with van der Waals surface area (Å²) in [5.41, 5.74) is 9.00. The summed E-state index contributed by atoms with van der Waals surface area (Å²) < 4.78 is 1.88. The molecule has 3 rings (SSSR count). The van der Waals surface area contributed by atoms with Crippen LogP contribution in [0.15, 0.2) is 30.5 Å². The molecule has 0 aliphatic rings. The van der Waals surface area contributed by atoms with Crippen LogP contribution in [-0.4, -0.2) is 21.1 Å². The number of benzene rings is 1. The van der Waals surface area contributed by atoms with Gasteiger partial charge in [0.15, 0.2) is 0 Å². The van der Waals surface area contributed by atoms with Crippen LogP contribution in [0.3, 0.4) is 0 Å². The predicted octanol–water partition coefficient (Wildman–Crippen LogP) is 3.89. The molecule has 0 amide bonds. The molecule has 2 N–H and O–H groups in total. The van der Waals surface area contributed by atoms with Crippen LogP contribution >= 0.6 is 23.7 Å². The van der Waals surface area contributed by atoms with Crippen molar-refractivity contribution in [1.82, 2.24) is 14.6 Å². The van der Waals surface area contributed by atoms with Crippen molar-refractivity contribution in [2.24, 2.45) is 5.73 Å². The van der Waals surface area contributed by atoms with Gasteiger partial charge >= 0.3 is 0 Å². The van der Waals surface area contributed by atoms with Crippen LogP contribution in [0.25, 0.3) is 16.2 Å². The maximum absolute atomic E-state index is 5.53. The van der Waals surface area contributed by atoms with E-state index in [1.807, 2.05) is 10.7 Å². The zero-order valence-electron chi connectivity index (χ0n) is 12.8. The fraction of sp³-hybridized carbons (Fsp3) is 0.375. The van der Waals surface area contributed by atoms with Gasteiger partial charge < -0.3 is 5.73 Å². The first-order valence-corrected chi connectivity index (χ1v) is 8.14. The molecule has 118 valence electrons. The Morgan fingerprint density at radius 2 is 1.95 bits per heavy atom. The van der Waals surface area contributed by atoms with E-state index in [-0.39, 0.29) is 12.4 Å². The summed E-state index contributed by atoms with van der Waals surface area (Å²) in [6.07, 6.45) is 3.91. The van der Waals surface area contributed by atoms with Gasteiger partial charge in [-0.2, -0.15) is 5.10 Å². The SMILES string of the molecule is CC(C)c1ccc(-c2cn3nc(CCCN)sc3n2)cc1.Cl. The van der Waals surface area contributed by atoms with E-state index >= 15 is 0 Å². The quantitative estimate of drug-likeness (QED) is 0.768.